The van der Waals surface area contributed by atoms with E-state index in [0.29, 0.717) is 30.6 Å². The molecule has 4 aromatic rings. The van der Waals surface area contributed by atoms with Crippen molar-refractivity contribution in [2.24, 2.45) is 7.05 Å². The maximum atomic E-state index is 15.1. The fraction of sp³-hybridized carbons (Fsp3) is 0.241. The van der Waals surface area contributed by atoms with Gasteiger partial charge < -0.3 is 10.6 Å². The third kappa shape index (κ3) is 4.58. The lowest BCUT2D eigenvalue weighted by Gasteiger charge is -2.21. The summed E-state index contributed by atoms with van der Waals surface area (Å²) in [6.45, 7) is 6.60. The van der Waals surface area contributed by atoms with Crippen LogP contribution in [0.25, 0.3) is 16.6 Å². The number of hydrogen-bond donors (Lipinski definition) is 2. The number of anilines is 3. The first-order valence-electron chi connectivity index (χ1n) is 12.6. The fourth-order valence-corrected chi connectivity index (χ4v) is 4.86. The SMILES string of the molecule is C=CCc1ccc(Nc2c3c(=O)n(C4CC4)c(=O)n(-c4cccc(NC(C)=O)c4)c3c(C)c(=O)n2C)c(F)c1. The van der Waals surface area contributed by atoms with Gasteiger partial charge in [0.15, 0.2) is 0 Å². The van der Waals surface area contributed by atoms with E-state index in [1.807, 2.05) is 0 Å². The van der Waals surface area contributed by atoms with Crippen molar-refractivity contribution in [2.75, 3.05) is 10.6 Å². The minimum Gasteiger partial charge on any atom is -0.338 e. The Morgan fingerprint density at radius 2 is 1.87 bits per heavy atom. The van der Waals surface area contributed by atoms with Crippen LogP contribution >= 0.6 is 0 Å². The number of hydrogen-bond acceptors (Lipinski definition) is 5. The molecule has 9 nitrogen and oxygen atoms in total. The van der Waals surface area contributed by atoms with E-state index in [1.54, 1.807) is 43.3 Å². The number of carbonyl (C=O) groups is 1. The number of pyridine rings is 1. The van der Waals surface area contributed by atoms with Gasteiger partial charge in [-0.15, -0.1) is 6.58 Å². The van der Waals surface area contributed by atoms with Crippen LogP contribution in [-0.4, -0.2) is 19.6 Å². The van der Waals surface area contributed by atoms with Crippen molar-refractivity contribution < 1.29 is 9.18 Å². The number of fused-ring (bicyclic) bond motifs is 1. The third-order valence-corrected chi connectivity index (χ3v) is 6.85. The molecule has 0 aliphatic heterocycles. The highest BCUT2D eigenvalue weighted by Crippen LogP contribution is 2.34. The largest absolute Gasteiger partial charge is 0.338 e. The van der Waals surface area contributed by atoms with Crippen LogP contribution in [0.4, 0.5) is 21.6 Å². The quantitative estimate of drug-likeness (QED) is 0.351. The molecule has 0 atom stereocenters. The first-order chi connectivity index (χ1) is 18.6. The van der Waals surface area contributed by atoms with Crippen LogP contribution < -0.4 is 27.4 Å². The van der Waals surface area contributed by atoms with E-state index in [1.165, 1.54) is 39.8 Å². The molecule has 2 N–H and O–H groups in total. The van der Waals surface area contributed by atoms with Gasteiger partial charge in [0.05, 0.1) is 16.9 Å². The number of halogens is 1. The highest BCUT2D eigenvalue weighted by molar-refractivity contribution is 5.94. The number of rotatable bonds is 7. The Morgan fingerprint density at radius 3 is 2.51 bits per heavy atom. The monoisotopic (exact) mass is 529 g/mol. The number of nitrogens with one attached hydrogen (secondary N) is 2. The molecule has 2 aromatic carbocycles. The highest BCUT2D eigenvalue weighted by atomic mass is 19.1. The number of allylic oxidation sites excluding steroid dienone is 1. The van der Waals surface area contributed by atoms with Gasteiger partial charge in [-0.1, -0.05) is 18.2 Å². The standard InChI is InChI=1S/C29H28FN5O4/c1-5-7-18-10-13-23(22(30)14-18)32-26-24-25(16(2)27(37)33(26)4)34(29(39)35(28(24)38)20-11-12-20)21-9-6-8-19(15-21)31-17(3)36/h5-6,8-10,13-15,20,32H,1,7,11-12H2,2-4H3,(H,31,36). The van der Waals surface area contributed by atoms with Crippen molar-refractivity contribution in [2.45, 2.75) is 39.2 Å². The Balaban J connectivity index is 1.85. The van der Waals surface area contributed by atoms with Crippen molar-refractivity contribution in [1.82, 2.24) is 13.7 Å². The molecule has 0 spiro atoms. The first kappa shape index (κ1) is 25.9. The second-order valence-corrected chi connectivity index (χ2v) is 9.75. The highest BCUT2D eigenvalue weighted by Gasteiger charge is 2.31. The molecule has 2 heterocycles. The first-order valence-corrected chi connectivity index (χ1v) is 12.6. The van der Waals surface area contributed by atoms with Gasteiger partial charge in [-0.2, -0.15) is 0 Å². The van der Waals surface area contributed by atoms with Crippen molar-refractivity contribution in [3.8, 4) is 5.69 Å². The Labute approximate surface area is 222 Å². The summed E-state index contributed by atoms with van der Waals surface area (Å²) >= 11 is 0. The van der Waals surface area contributed by atoms with E-state index >= 15 is 4.39 Å². The van der Waals surface area contributed by atoms with Crippen LogP contribution in [0.1, 0.15) is 36.9 Å². The van der Waals surface area contributed by atoms with Crippen LogP contribution in [0.2, 0.25) is 0 Å². The summed E-state index contributed by atoms with van der Waals surface area (Å²) in [5.74, 6) is -0.776. The van der Waals surface area contributed by atoms with E-state index in [-0.39, 0.29) is 39.9 Å². The summed E-state index contributed by atoms with van der Waals surface area (Å²) in [7, 11) is 1.49. The summed E-state index contributed by atoms with van der Waals surface area (Å²) in [4.78, 5) is 52.8. The number of benzene rings is 2. The Hall–Kier alpha value is -4.73. The lowest BCUT2D eigenvalue weighted by Crippen LogP contribution is -2.41. The van der Waals surface area contributed by atoms with Gasteiger partial charge in [0.25, 0.3) is 11.1 Å². The summed E-state index contributed by atoms with van der Waals surface area (Å²) in [5.41, 5.74) is 0.319. The molecule has 1 aliphatic carbocycles. The Bertz CT molecular complexity index is 1850. The maximum Gasteiger partial charge on any atom is 0.336 e. The molecule has 0 saturated heterocycles. The molecule has 5 rings (SSSR count). The van der Waals surface area contributed by atoms with Crippen molar-refractivity contribution in [3.63, 3.8) is 0 Å². The van der Waals surface area contributed by atoms with Crippen LogP contribution in [0.15, 0.2) is 69.5 Å². The van der Waals surface area contributed by atoms with E-state index in [4.69, 9.17) is 0 Å². The van der Waals surface area contributed by atoms with Crippen LogP contribution in [-0.2, 0) is 18.3 Å². The summed E-state index contributed by atoms with van der Waals surface area (Å²) < 4.78 is 18.9. The van der Waals surface area contributed by atoms with Crippen molar-refractivity contribution in [3.05, 3.63) is 103 Å². The van der Waals surface area contributed by atoms with Crippen LogP contribution in [0.5, 0.6) is 0 Å². The van der Waals surface area contributed by atoms with Crippen molar-refractivity contribution >= 4 is 34.0 Å². The zero-order valence-corrected chi connectivity index (χ0v) is 21.9. The molecule has 0 bridgehead atoms. The zero-order chi connectivity index (χ0) is 28.0. The molecule has 200 valence electrons. The van der Waals surface area contributed by atoms with Gasteiger partial charge in [-0.05, 0) is 62.1 Å². The number of nitrogens with zero attached hydrogens (tertiary/aromatic N) is 3. The summed E-state index contributed by atoms with van der Waals surface area (Å²) in [5, 5.41) is 5.74. The molecule has 1 saturated carbocycles. The van der Waals surface area contributed by atoms with Crippen LogP contribution in [0, 0.1) is 12.7 Å². The van der Waals surface area contributed by atoms with Gasteiger partial charge in [-0.3, -0.25) is 28.1 Å². The Kier molecular flexibility index (Phi) is 6.55. The second-order valence-electron chi connectivity index (χ2n) is 9.75. The predicted molar refractivity (Wildman–Crippen MR) is 150 cm³/mol. The second kappa shape index (κ2) is 9.86. The number of carbonyl (C=O) groups excluding carboxylic acids is 1. The maximum absolute atomic E-state index is 15.1. The molecule has 1 amide bonds. The fourth-order valence-electron chi connectivity index (χ4n) is 4.86. The molecule has 1 aliphatic rings. The molecule has 0 unspecified atom stereocenters. The van der Waals surface area contributed by atoms with E-state index in [0.717, 1.165) is 5.56 Å². The van der Waals surface area contributed by atoms with Gasteiger partial charge in [0.1, 0.15) is 17.0 Å². The summed E-state index contributed by atoms with van der Waals surface area (Å²) in [6, 6.07) is 11.0. The third-order valence-electron chi connectivity index (χ3n) is 6.85. The van der Waals surface area contributed by atoms with Gasteiger partial charge in [-0.25, -0.2) is 9.18 Å². The average Bonchev–Trinajstić information content (AvgIpc) is 3.72. The molecule has 1 fully saturated rings. The van der Waals surface area contributed by atoms with Crippen molar-refractivity contribution in [1.29, 1.82) is 0 Å². The number of aryl methyl sites for hydroxylation is 1. The predicted octanol–water partition coefficient (Wildman–Crippen LogP) is 4.06. The zero-order valence-electron chi connectivity index (χ0n) is 21.9. The lowest BCUT2D eigenvalue weighted by molar-refractivity contribution is -0.114. The molecular formula is C29H28FN5O4. The molecule has 2 aromatic heterocycles. The summed E-state index contributed by atoms with van der Waals surface area (Å²) in [6.07, 6.45) is 3.48. The number of amides is 1. The average molecular weight is 530 g/mol. The molecule has 10 heteroatoms. The normalized spacial score (nSPS) is 12.9. The topological polar surface area (TPSA) is 107 Å². The van der Waals surface area contributed by atoms with E-state index < -0.39 is 22.6 Å². The molecule has 39 heavy (non-hydrogen) atoms. The van der Waals surface area contributed by atoms with E-state index in [2.05, 4.69) is 17.2 Å². The van der Waals surface area contributed by atoms with E-state index in [9.17, 15) is 19.2 Å². The van der Waals surface area contributed by atoms with Crippen LogP contribution in [0.3, 0.4) is 0 Å². The van der Waals surface area contributed by atoms with Gasteiger partial charge >= 0.3 is 5.69 Å². The smallest absolute Gasteiger partial charge is 0.336 e. The molecular weight excluding hydrogens is 501 g/mol. The number of aromatic nitrogens is 3. The minimum atomic E-state index is -0.586. The lowest BCUT2D eigenvalue weighted by atomic mass is 10.1. The molecule has 0 radical (unpaired) electrons. The van der Waals surface area contributed by atoms with Gasteiger partial charge in [0.2, 0.25) is 5.91 Å². The Morgan fingerprint density at radius 1 is 1.13 bits per heavy atom. The van der Waals surface area contributed by atoms with Gasteiger partial charge in [0, 0.05) is 31.3 Å². The minimum absolute atomic E-state index is 0.0714.